The Morgan fingerprint density at radius 3 is 2.61 bits per heavy atom. The second-order valence-electron chi connectivity index (χ2n) is 8.53. The summed E-state index contributed by atoms with van der Waals surface area (Å²) in [6.45, 7) is 5.90. The molecule has 7 nitrogen and oxygen atoms in total. The van der Waals surface area contributed by atoms with E-state index in [0.29, 0.717) is 31.9 Å². The third-order valence-electron chi connectivity index (χ3n) is 5.99. The van der Waals surface area contributed by atoms with Gasteiger partial charge in [-0.2, -0.15) is 4.98 Å². The Labute approximate surface area is 167 Å². The third kappa shape index (κ3) is 5.55. The molecule has 1 unspecified atom stereocenters. The second kappa shape index (κ2) is 10.0. The normalized spacial score (nSPS) is 23.3. The first-order chi connectivity index (χ1) is 13.5. The zero-order chi connectivity index (χ0) is 19.9. The molecule has 156 valence electrons. The molecule has 1 aromatic rings. The maximum Gasteiger partial charge on any atom is 0.229 e. The quantitative estimate of drug-likeness (QED) is 0.855. The van der Waals surface area contributed by atoms with Crippen molar-refractivity contribution in [3.05, 3.63) is 11.7 Å². The Hall–Kier alpha value is -1.92. The summed E-state index contributed by atoms with van der Waals surface area (Å²) in [6, 6.07) is 0. The van der Waals surface area contributed by atoms with Crippen LogP contribution in [-0.4, -0.2) is 46.5 Å². The van der Waals surface area contributed by atoms with Gasteiger partial charge >= 0.3 is 0 Å². The Balaban J connectivity index is 1.66. The van der Waals surface area contributed by atoms with E-state index in [1.807, 2.05) is 18.7 Å². The largest absolute Gasteiger partial charge is 0.356 e. The van der Waals surface area contributed by atoms with E-state index in [0.717, 1.165) is 50.8 Å². The molecule has 1 saturated heterocycles. The van der Waals surface area contributed by atoms with Gasteiger partial charge < -0.3 is 14.7 Å². The number of amides is 2. The molecule has 1 aliphatic carbocycles. The molecule has 7 heteroatoms. The fraction of sp³-hybridized carbons (Fsp3) is 0.810. The van der Waals surface area contributed by atoms with Gasteiger partial charge in [-0.3, -0.25) is 9.59 Å². The first-order valence-electron chi connectivity index (χ1n) is 10.9. The van der Waals surface area contributed by atoms with Crippen LogP contribution in [0.2, 0.25) is 0 Å². The molecule has 2 aliphatic rings. The molecular formula is C21H34N4O3. The Morgan fingerprint density at radius 2 is 1.89 bits per heavy atom. The van der Waals surface area contributed by atoms with Crippen molar-refractivity contribution in [2.75, 3.05) is 19.6 Å². The van der Waals surface area contributed by atoms with Crippen molar-refractivity contribution in [2.45, 2.75) is 83.5 Å². The number of carbonyl (C=O) groups is 2. The number of hydrogen-bond acceptors (Lipinski definition) is 5. The monoisotopic (exact) mass is 390 g/mol. The van der Waals surface area contributed by atoms with E-state index < -0.39 is 0 Å². The molecule has 2 fully saturated rings. The molecule has 28 heavy (non-hydrogen) atoms. The predicted molar refractivity (Wildman–Crippen MR) is 106 cm³/mol. The molecule has 0 aromatic carbocycles. The summed E-state index contributed by atoms with van der Waals surface area (Å²) < 4.78 is 5.51. The summed E-state index contributed by atoms with van der Waals surface area (Å²) in [6.07, 6.45) is 8.42. The van der Waals surface area contributed by atoms with Crippen LogP contribution in [0.3, 0.4) is 0 Å². The number of carbonyl (C=O) groups excluding carboxylic acids is 2. The lowest BCUT2D eigenvalue weighted by Gasteiger charge is -2.29. The molecular weight excluding hydrogens is 356 g/mol. The minimum Gasteiger partial charge on any atom is -0.356 e. The van der Waals surface area contributed by atoms with Gasteiger partial charge in [0.1, 0.15) is 0 Å². The predicted octanol–water partition coefficient (Wildman–Crippen LogP) is 3.38. The molecule has 1 N–H and O–H groups in total. The minimum absolute atomic E-state index is 0.00972. The van der Waals surface area contributed by atoms with Crippen molar-refractivity contribution >= 4 is 11.8 Å². The molecule has 1 saturated carbocycles. The molecule has 2 heterocycles. The minimum atomic E-state index is 0.00972. The highest BCUT2D eigenvalue weighted by atomic mass is 16.5. The molecule has 2 amide bonds. The van der Waals surface area contributed by atoms with Crippen LogP contribution in [0.1, 0.15) is 95.2 Å². The number of nitrogens with zero attached hydrogens (tertiary/aromatic N) is 3. The molecule has 0 radical (unpaired) electrons. The van der Waals surface area contributed by atoms with Crippen molar-refractivity contribution in [1.29, 1.82) is 0 Å². The molecule has 3 rings (SSSR count). The van der Waals surface area contributed by atoms with Gasteiger partial charge in [-0.15, -0.1) is 0 Å². The van der Waals surface area contributed by atoms with Gasteiger partial charge in [0.25, 0.3) is 0 Å². The Bertz CT molecular complexity index is 652. The van der Waals surface area contributed by atoms with Crippen LogP contribution in [-0.2, 0) is 9.59 Å². The number of nitrogens with one attached hydrogen (secondary N) is 1. The van der Waals surface area contributed by atoms with Crippen molar-refractivity contribution < 1.29 is 14.1 Å². The number of aromatic nitrogens is 2. The standard InChI is InChI=1S/C21H34N4O3/c1-15(2)19-23-20(28-24-19)16-9-6-13-25(14-11-18(26)22-12-10-16)21(27)17-7-4-3-5-8-17/h15-17H,3-14H2,1-2H3,(H,22,26). The maximum atomic E-state index is 13.0. The van der Waals surface area contributed by atoms with E-state index in [-0.39, 0.29) is 29.6 Å². The maximum absolute atomic E-state index is 13.0. The molecule has 0 bridgehead atoms. The van der Waals surface area contributed by atoms with Gasteiger partial charge in [-0.1, -0.05) is 38.3 Å². The molecule has 1 aliphatic heterocycles. The van der Waals surface area contributed by atoms with Crippen LogP contribution in [0.5, 0.6) is 0 Å². The van der Waals surface area contributed by atoms with Gasteiger partial charge in [0.05, 0.1) is 0 Å². The second-order valence-corrected chi connectivity index (χ2v) is 8.53. The number of rotatable bonds is 3. The summed E-state index contributed by atoms with van der Waals surface area (Å²) >= 11 is 0. The highest BCUT2D eigenvalue weighted by Crippen LogP contribution is 2.28. The van der Waals surface area contributed by atoms with E-state index in [9.17, 15) is 9.59 Å². The molecule has 1 atom stereocenters. The van der Waals surface area contributed by atoms with Crippen molar-refractivity contribution in [2.24, 2.45) is 5.92 Å². The first-order valence-corrected chi connectivity index (χ1v) is 10.9. The van der Waals surface area contributed by atoms with Gasteiger partial charge in [0.15, 0.2) is 5.82 Å². The Kier molecular flexibility index (Phi) is 7.45. The molecule has 0 spiro atoms. The van der Waals surface area contributed by atoms with E-state index in [2.05, 4.69) is 15.5 Å². The first kappa shape index (κ1) is 20.8. The summed E-state index contributed by atoms with van der Waals surface area (Å²) in [4.78, 5) is 31.7. The molecule has 1 aromatic heterocycles. The lowest BCUT2D eigenvalue weighted by atomic mass is 9.88. The zero-order valence-corrected chi connectivity index (χ0v) is 17.3. The van der Waals surface area contributed by atoms with E-state index >= 15 is 0 Å². The fourth-order valence-electron chi connectivity index (χ4n) is 4.22. The van der Waals surface area contributed by atoms with Gasteiger partial charge in [0.2, 0.25) is 17.7 Å². The van der Waals surface area contributed by atoms with E-state index in [1.165, 1.54) is 6.42 Å². The van der Waals surface area contributed by atoms with E-state index in [1.54, 1.807) is 0 Å². The lowest BCUT2D eigenvalue weighted by molar-refractivity contribution is -0.137. The summed E-state index contributed by atoms with van der Waals surface area (Å²) in [5, 5.41) is 7.07. The van der Waals surface area contributed by atoms with E-state index in [4.69, 9.17) is 4.52 Å². The zero-order valence-electron chi connectivity index (χ0n) is 17.3. The van der Waals surface area contributed by atoms with Crippen molar-refractivity contribution in [3.63, 3.8) is 0 Å². The summed E-state index contributed by atoms with van der Waals surface area (Å²) in [5.74, 6) is 2.11. The van der Waals surface area contributed by atoms with Gasteiger partial charge in [0, 0.05) is 43.8 Å². The SMILES string of the molecule is CC(C)c1noc(C2CCCN(C(=O)C3CCCCC3)CCC(=O)NCC2)n1. The number of hydrogen-bond donors (Lipinski definition) is 1. The topological polar surface area (TPSA) is 88.3 Å². The van der Waals surface area contributed by atoms with Crippen LogP contribution >= 0.6 is 0 Å². The summed E-state index contributed by atoms with van der Waals surface area (Å²) in [7, 11) is 0. The van der Waals surface area contributed by atoms with Crippen LogP contribution in [0.15, 0.2) is 4.52 Å². The lowest BCUT2D eigenvalue weighted by Crippen LogP contribution is -2.40. The Morgan fingerprint density at radius 1 is 1.11 bits per heavy atom. The van der Waals surface area contributed by atoms with Crippen LogP contribution in [0.4, 0.5) is 0 Å². The van der Waals surface area contributed by atoms with Crippen LogP contribution in [0, 0.1) is 5.92 Å². The summed E-state index contributed by atoms with van der Waals surface area (Å²) in [5.41, 5.74) is 0. The van der Waals surface area contributed by atoms with Gasteiger partial charge in [-0.25, -0.2) is 0 Å². The third-order valence-corrected chi connectivity index (χ3v) is 5.99. The average molecular weight is 391 g/mol. The average Bonchev–Trinajstić information content (AvgIpc) is 3.18. The van der Waals surface area contributed by atoms with Crippen LogP contribution in [0.25, 0.3) is 0 Å². The van der Waals surface area contributed by atoms with Crippen LogP contribution < -0.4 is 5.32 Å². The van der Waals surface area contributed by atoms with Crippen molar-refractivity contribution in [1.82, 2.24) is 20.4 Å². The highest BCUT2D eigenvalue weighted by molar-refractivity contribution is 5.80. The fourth-order valence-corrected chi connectivity index (χ4v) is 4.22. The highest BCUT2D eigenvalue weighted by Gasteiger charge is 2.27. The van der Waals surface area contributed by atoms with Crippen molar-refractivity contribution in [3.8, 4) is 0 Å². The van der Waals surface area contributed by atoms with Gasteiger partial charge in [-0.05, 0) is 32.1 Å². The smallest absolute Gasteiger partial charge is 0.229 e.